The summed E-state index contributed by atoms with van der Waals surface area (Å²) in [6.07, 6.45) is 6.39. The number of sulfone groups is 1. The van der Waals surface area contributed by atoms with Gasteiger partial charge in [-0.3, -0.25) is 10.4 Å². The van der Waals surface area contributed by atoms with Gasteiger partial charge < -0.3 is 0 Å². The molecule has 0 saturated heterocycles. The quantitative estimate of drug-likeness (QED) is 0.537. The van der Waals surface area contributed by atoms with E-state index in [-0.39, 0.29) is 10.7 Å². The number of halogens is 5. The van der Waals surface area contributed by atoms with Gasteiger partial charge in [0.25, 0.3) is 9.84 Å². The molecule has 0 atom stereocenters. The van der Waals surface area contributed by atoms with E-state index in [1.165, 1.54) is 40.2 Å². The van der Waals surface area contributed by atoms with Gasteiger partial charge in [-0.15, -0.1) is 0 Å². The number of alkyl halides is 3. The molecule has 0 bridgehead atoms. The number of anilines is 1. The average Bonchev–Trinajstić information content (AvgIpc) is 3.25. The first kappa shape index (κ1) is 21.9. The van der Waals surface area contributed by atoms with E-state index in [1.54, 1.807) is 30.5 Å². The van der Waals surface area contributed by atoms with Gasteiger partial charge in [0, 0.05) is 6.20 Å². The van der Waals surface area contributed by atoms with Gasteiger partial charge >= 0.3 is 5.51 Å². The second-order valence-electron chi connectivity index (χ2n) is 6.55. The van der Waals surface area contributed by atoms with E-state index >= 15 is 0 Å². The van der Waals surface area contributed by atoms with Crippen LogP contribution in [0.5, 0.6) is 0 Å². The lowest BCUT2D eigenvalue weighted by molar-refractivity contribution is -0.0436. The minimum Gasteiger partial charge on any atom is -0.292 e. The van der Waals surface area contributed by atoms with Crippen LogP contribution in [0.2, 0.25) is 5.02 Å². The van der Waals surface area contributed by atoms with Crippen LogP contribution in [0.3, 0.4) is 0 Å². The molecule has 1 aliphatic heterocycles. The molecule has 3 aromatic rings. The second-order valence-corrected chi connectivity index (χ2v) is 8.90. The zero-order valence-corrected chi connectivity index (χ0v) is 17.5. The first-order chi connectivity index (χ1) is 15.1. The molecular weight excluding hydrogens is 472 g/mol. The lowest BCUT2D eigenvalue weighted by atomic mass is 10.2. The molecule has 0 fully saturated rings. The number of benzene rings is 2. The summed E-state index contributed by atoms with van der Waals surface area (Å²) in [4.78, 5) is -0.861. The lowest BCUT2D eigenvalue weighted by Gasteiger charge is -2.27. The van der Waals surface area contributed by atoms with Gasteiger partial charge in [0.05, 0.1) is 33.2 Å². The number of hydrogen-bond acceptors (Lipinski definition) is 5. The fourth-order valence-electron chi connectivity index (χ4n) is 3.00. The summed E-state index contributed by atoms with van der Waals surface area (Å²) in [6.45, 7) is 0. The summed E-state index contributed by atoms with van der Waals surface area (Å²) >= 11 is 5.87. The highest BCUT2D eigenvalue weighted by Gasteiger charge is 2.46. The summed E-state index contributed by atoms with van der Waals surface area (Å²) < 4.78 is 77.1. The van der Waals surface area contributed by atoms with Gasteiger partial charge in [0.15, 0.2) is 5.82 Å². The van der Waals surface area contributed by atoms with Crippen LogP contribution in [0.15, 0.2) is 78.0 Å². The third kappa shape index (κ3) is 3.84. The summed E-state index contributed by atoms with van der Waals surface area (Å²) in [5.74, 6) is -0.649. The Morgan fingerprint density at radius 1 is 1.03 bits per heavy atom. The van der Waals surface area contributed by atoms with Crippen molar-refractivity contribution in [2.24, 2.45) is 0 Å². The van der Waals surface area contributed by atoms with Crippen molar-refractivity contribution in [2.75, 3.05) is 5.01 Å². The Balaban J connectivity index is 1.61. The molecule has 166 valence electrons. The van der Waals surface area contributed by atoms with Crippen molar-refractivity contribution in [3.63, 3.8) is 0 Å². The molecule has 0 spiro atoms. The zero-order valence-electron chi connectivity index (χ0n) is 15.9. The van der Waals surface area contributed by atoms with Crippen LogP contribution >= 0.6 is 11.6 Å². The number of nitrogens with one attached hydrogen (secondary N) is 1. The molecule has 6 nitrogen and oxygen atoms in total. The van der Waals surface area contributed by atoms with Crippen LogP contribution in [0, 0.1) is 5.82 Å². The van der Waals surface area contributed by atoms with E-state index in [1.807, 2.05) is 0 Å². The molecule has 0 saturated carbocycles. The zero-order chi connectivity index (χ0) is 23.1. The van der Waals surface area contributed by atoms with E-state index in [0.717, 1.165) is 12.1 Å². The Morgan fingerprint density at radius 2 is 1.75 bits per heavy atom. The van der Waals surface area contributed by atoms with E-state index in [0.29, 0.717) is 17.1 Å². The third-order valence-corrected chi connectivity index (χ3v) is 6.34. The highest BCUT2D eigenvalue weighted by molar-refractivity contribution is 7.92. The fraction of sp³-hybridized carbons (Fsp3) is 0.0500. The topological polar surface area (TPSA) is 67.2 Å². The maximum absolute atomic E-state index is 14.5. The summed E-state index contributed by atoms with van der Waals surface area (Å²) in [7, 11) is -5.44. The first-order valence-corrected chi connectivity index (χ1v) is 10.8. The van der Waals surface area contributed by atoms with Crippen LogP contribution in [0.4, 0.5) is 23.2 Å². The number of hydrogen-bond donors (Lipinski definition) is 1. The molecule has 1 N–H and O–H groups in total. The highest BCUT2D eigenvalue weighted by Crippen LogP contribution is 2.32. The summed E-state index contributed by atoms with van der Waals surface area (Å²) in [6, 6.07) is 10.3. The molecular formula is C20H13ClF4N4O2S. The van der Waals surface area contributed by atoms with Gasteiger partial charge in [-0.2, -0.15) is 18.3 Å². The maximum Gasteiger partial charge on any atom is 0.501 e. The molecule has 0 unspecified atom stereocenters. The Morgan fingerprint density at radius 3 is 2.44 bits per heavy atom. The number of rotatable bonds is 4. The number of allylic oxidation sites excluding steroid dienone is 2. The Kier molecular flexibility index (Phi) is 5.47. The lowest BCUT2D eigenvalue weighted by Crippen LogP contribution is -2.34. The molecule has 12 heteroatoms. The van der Waals surface area contributed by atoms with Crippen molar-refractivity contribution in [3.05, 3.63) is 89.6 Å². The standard InChI is InChI=1S/C20H13ClF4N4O2S/c21-15-3-1-5-18(19(15)22)29-17(10-11-26-29)16-4-2-12-28(27-16)13-6-8-14(9-7-13)32(30,31)20(23,24)25/h1-12,27H. The van der Waals surface area contributed by atoms with Crippen LogP contribution in [-0.4, -0.2) is 23.7 Å². The number of nitrogens with zero attached hydrogens (tertiary/aromatic N) is 3. The van der Waals surface area contributed by atoms with Gasteiger partial charge in [-0.25, -0.2) is 17.5 Å². The highest BCUT2D eigenvalue weighted by atomic mass is 35.5. The van der Waals surface area contributed by atoms with Gasteiger partial charge in [0.1, 0.15) is 5.69 Å². The van der Waals surface area contributed by atoms with Crippen LogP contribution in [0.25, 0.3) is 11.4 Å². The van der Waals surface area contributed by atoms with Crippen LogP contribution < -0.4 is 10.4 Å². The van der Waals surface area contributed by atoms with Gasteiger partial charge in [-0.05, 0) is 54.6 Å². The summed E-state index contributed by atoms with van der Waals surface area (Å²) in [5.41, 5.74) is -0.887. The molecule has 4 rings (SSSR count). The predicted octanol–water partition coefficient (Wildman–Crippen LogP) is 4.84. The van der Waals surface area contributed by atoms with E-state index in [4.69, 9.17) is 11.6 Å². The molecule has 2 heterocycles. The average molecular weight is 485 g/mol. The predicted molar refractivity (Wildman–Crippen MR) is 111 cm³/mol. The van der Waals surface area contributed by atoms with E-state index in [9.17, 15) is 26.0 Å². The molecule has 32 heavy (non-hydrogen) atoms. The fourth-order valence-corrected chi connectivity index (χ4v) is 3.93. The van der Waals surface area contributed by atoms with Crippen LogP contribution in [-0.2, 0) is 9.84 Å². The smallest absolute Gasteiger partial charge is 0.292 e. The molecule has 0 radical (unpaired) electrons. The summed E-state index contributed by atoms with van der Waals surface area (Å²) in [5, 5.41) is 5.54. The number of aromatic nitrogens is 2. The minimum atomic E-state index is -5.44. The monoisotopic (exact) mass is 484 g/mol. The molecule has 0 amide bonds. The molecule has 1 aromatic heterocycles. The number of hydrazine groups is 1. The van der Waals surface area contributed by atoms with Crippen molar-refractivity contribution >= 4 is 32.8 Å². The van der Waals surface area contributed by atoms with E-state index in [2.05, 4.69) is 10.5 Å². The van der Waals surface area contributed by atoms with Gasteiger partial charge in [-0.1, -0.05) is 17.7 Å². The van der Waals surface area contributed by atoms with Gasteiger partial charge in [0.2, 0.25) is 0 Å². The van der Waals surface area contributed by atoms with Crippen molar-refractivity contribution in [1.82, 2.24) is 15.2 Å². The maximum atomic E-state index is 14.5. The van der Waals surface area contributed by atoms with Crippen molar-refractivity contribution in [3.8, 4) is 5.69 Å². The minimum absolute atomic E-state index is 0.0649. The second kappa shape index (κ2) is 7.99. The SMILES string of the molecule is O=S(=O)(c1ccc(N2C=CC=C(c3ccnn3-c3cccc(Cl)c3F)N2)cc1)C(F)(F)F. The molecule has 2 aromatic carbocycles. The first-order valence-electron chi connectivity index (χ1n) is 8.94. The van der Waals surface area contributed by atoms with E-state index < -0.39 is 26.1 Å². The normalized spacial score (nSPS) is 14.3. The van der Waals surface area contributed by atoms with Crippen LogP contribution in [0.1, 0.15) is 5.69 Å². The Hall–Kier alpha value is -3.31. The molecule has 0 aliphatic carbocycles. The molecule has 1 aliphatic rings. The van der Waals surface area contributed by atoms with Crippen molar-refractivity contribution in [2.45, 2.75) is 10.4 Å². The van der Waals surface area contributed by atoms with Crippen molar-refractivity contribution < 1.29 is 26.0 Å². The third-order valence-electron chi connectivity index (χ3n) is 4.55. The largest absolute Gasteiger partial charge is 0.501 e. The van der Waals surface area contributed by atoms with Crippen molar-refractivity contribution in [1.29, 1.82) is 0 Å². The Bertz CT molecular complexity index is 1330. The Labute approximate surface area is 184 Å².